The number of aliphatic hydroxyl groups excluding tert-OH is 2. The summed E-state index contributed by atoms with van der Waals surface area (Å²) in [6.45, 7) is 1.46. The molecule has 2 N–H and O–H groups in total. The van der Waals surface area contributed by atoms with Gasteiger partial charge < -0.3 is 38.6 Å². The number of hydrogen-bond acceptors (Lipinski definition) is 9. The first-order chi connectivity index (χ1) is 30.6. The number of aliphatic hydroxyl groups is 2. The zero-order valence-corrected chi connectivity index (χ0v) is 35.6. The first kappa shape index (κ1) is 44.0. The van der Waals surface area contributed by atoms with Crippen molar-refractivity contribution in [2.24, 2.45) is 0 Å². The fourth-order valence-corrected chi connectivity index (χ4v) is 9.69. The summed E-state index contributed by atoms with van der Waals surface area (Å²) in [7, 11) is 0. The molecule has 62 heavy (non-hydrogen) atoms. The molecule has 6 aromatic rings. The third-order valence-corrected chi connectivity index (χ3v) is 12.8. The minimum atomic E-state index is -0.975. The van der Waals surface area contributed by atoms with Crippen LogP contribution in [0.15, 0.2) is 187 Å². The Bertz CT molecular complexity index is 2150. The lowest BCUT2D eigenvalue weighted by atomic mass is 9.84. The van der Waals surface area contributed by atoms with Crippen LogP contribution in [0, 0.1) is 0 Å². The second-order valence-electron chi connectivity index (χ2n) is 16.0. The molecule has 0 saturated heterocycles. The molecule has 0 unspecified atom stereocenters. The molecule has 2 saturated carbocycles. The molecular weight excluding hydrogens is 797 g/mol. The number of thioether (sulfide) groups is 1. The molecule has 2 aliphatic rings. The van der Waals surface area contributed by atoms with Gasteiger partial charge in [-0.2, -0.15) is 0 Å². The summed E-state index contributed by atoms with van der Waals surface area (Å²) in [4.78, 5) is 1.07. The largest absolute Gasteiger partial charge is 0.390 e. The van der Waals surface area contributed by atoms with Crippen LogP contribution < -0.4 is 0 Å². The van der Waals surface area contributed by atoms with E-state index >= 15 is 0 Å². The van der Waals surface area contributed by atoms with E-state index in [0.29, 0.717) is 13.0 Å². The number of benzene rings is 6. The Labute approximate surface area is 369 Å². The summed E-state index contributed by atoms with van der Waals surface area (Å²) >= 11 is 1.68. The fourth-order valence-electron chi connectivity index (χ4n) is 8.36. The summed E-state index contributed by atoms with van der Waals surface area (Å²) in [5.41, 5.74) is 4.97. The van der Waals surface area contributed by atoms with Crippen LogP contribution in [0.4, 0.5) is 0 Å². The highest BCUT2D eigenvalue weighted by Gasteiger charge is 2.52. The molecule has 322 valence electrons. The van der Waals surface area contributed by atoms with Crippen LogP contribution in [0.1, 0.15) is 40.7 Å². The quantitative estimate of drug-likeness (QED) is 0.0827. The van der Waals surface area contributed by atoms with Gasteiger partial charge in [-0.15, -0.1) is 11.8 Å². The third-order valence-electron chi connectivity index (χ3n) is 11.5. The zero-order valence-electron chi connectivity index (χ0n) is 34.8. The van der Waals surface area contributed by atoms with E-state index < -0.39 is 54.9 Å². The molecular formula is C53H56O8S. The van der Waals surface area contributed by atoms with Gasteiger partial charge in [-0.3, -0.25) is 0 Å². The summed E-state index contributed by atoms with van der Waals surface area (Å²) in [6, 6.07) is 60.2. The lowest BCUT2D eigenvalue weighted by Gasteiger charge is -2.49. The van der Waals surface area contributed by atoms with Crippen LogP contribution in [0.5, 0.6) is 0 Å². The van der Waals surface area contributed by atoms with Crippen molar-refractivity contribution in [1.82, 2.24) is 0 Å². The Morgan fingerprint density at radius 2 is 0.677 bits per heavy atom. The molecule has 8 rings (SSSR count). The van der Waals surface area contributed by atoms with Crippen LogP contribution in [0.25, 0.3) is 0 Å². The van der Waals surface area contributed by atoms with E-state index in [9.17, 15) is 10.2 Å². The normalized spacial score (nSPS) is 26.2. The first-order valence-corrected chi connectivity index (χ1v) is 22.5. The van der Waals surface area contributed by atoms with Crippen molar-refractivity contribution in [3.05, 3.63) is 210 Å². The van der Waals surface area contributed by atoms with Crippen LogP contribution in [0.2, 0.25) is 0 Å². The van der Waals surface area contributed by atoms with E-state index in [1.54, 1.807) is 11.8 Å². The van der Waals surface area contributed by atoms with E-state index in [0.717, 1.165) is 32.7 Å². The van der Waals surface area contributed by atoms with E-state index in [1.165, 1.54) is 0 Å². The standard InChI is InChI=1S/C53H56O8S/c54-44-31-46(50(57-34-39-21-9-2-10-22-39)52(59-36-41-25-13-4-14-26-41)48(44)56-33-38-19-7-1-8-20-38)61-49-45(55)32-47(62-43-29-17-6-18-30-43)51(58-35-40-23-11-3-12-24-40)53(49)60-37-42-27-15-5-16-28-42/h1-30,44-55H,31-37H2/t44-,45-,46-,47+,48+,49+,50-,51-,52-,53-/m0/s1. The molecule has 0 amide bonds. The van der Waals surface area contributed by atoms with Crippen molar-refractivity contribution in [2.75, 3.05) is 0 Å². The van der Waals surface area contributed by atoms with Gasteiger partial charge in [0, 0.05) is 16.6 Å². The van der Waals surface area contributed by atoms with Crippen molar-refractivity contribution in [3.63, 3.8) is 0 Å². The first-order valence-electron chi connectivity index (χ1n) is 21.6. The summed E-state index contributed by atoms with van der Waals surface area (Å²) in [5.74, 6) is 0. The smallest absolute Gasteiger partial charge is 0.115 e. The summed E-state index contributed by atoms with van der Waals surface area (Å²) in [5, 5.41) is 24.3. The molecule has 2 aliphatic carbocycles. The van der Waals surface area contributed by atoms with Gasteiger partial charge in [0.15, 0.2) is 0 Å². The zero-order chi connectivity index (χ0) is 42.4. The average Bonchev–Trinajstić information content (AvgIpc) is 3.32. The molecule has 6 aromatic carbocycles. The van der Waals surface area contributed by atoms with E-state index in [1.807, 2.05) is 158 Å². The highest BCUT2D eigenvalue weighted by molar-refractivity contribution is 8.00. The van der Waals surface area contributed by atoms with Gasteiger partial charge in [-0.1, -0.05) is 170 Å². The molecule has 0 bridgehead atoms. The van der Waals surface area contributed by atoms with Crippen molar-refractivity contribution < 1.29 is 38.6 Å². The molecule has 0 heterocycles. The second-order valence-corrected chi connectivity index (χ2v) is 17.3. The Balaban J connectivity index is 1.13. The van der Waals surface area contributed by atoms with Gasteiger partial charge >= 0.3 is 0 Å². The topological polar surface area (TPSA) is 95.8 Å². The van der Waals surface area contributed by atoms with Gasteiger partial charge in [0.1, 0.15) is 30.5 Å². The molecule has 9 heteroatoms. The monoisotopic (exact) mass is 852 g/mol. The van der Waals surface area contributed by atoms with Crippen LogP contribution in [-0.4, -0.2) is 70.4 Å². The Morgan fingerprint density at radius 3 is 1.10 bits per heavy atom. The van der Waals surface area contributed by atoms with Crippen LogP contribution in [-0.2, 0) is 61.5 Å². The highest BCUT2D eigenvalue weighted by Crippen LogP contribution is 2.41. The van der Waals surface area contributed by atoms with Gasteiger partial charge in [-0.25, -0.2) is 0 Å². The maximum Gasteiger partial charge on any atom is 0.115 e. The molecule has 0 aliphatic heterocycles. The molecule has 10 atom stereocenters. The van der Waals surface area contributed by atoms with Gasteiger partial charge in [0.25, 0.3) is 0 Å². The number of hydrogen-bond donors (Lipinski definition) is 2. The predicted molar refractivity (Wildman–Crippen MR) is 241 cm³/mol. The predicted octanol–water partition coefficient (Wildman–Crippen LogP) is 9.36. The van der Waals surface area contributed by atoms with Crippen molar-refractivity contribution in [3.8, 4) is 0 Å². The van der Waals surface area contributed by atoms with Crippen LogP contribution in [0.3, 0.4) is 0 Å². The Morgan fingerprint density at radius 1 is 0.355 bits per heavy atom. The number of ether oxygens (including phenoxy) is 6. The van der Waals surface area contributed by atoms with Crippen molar-refractivity contribution >= 4 is 11.8 Å². The molecule has 2 fully saturated rings. The van der Waals surface area contributed by atoms with Gasteiger partial charge in [0.2, 0.25) is 0 Å². The molecule has 8 nitrogen and oxygen atoms in total. The minimum Gasteiger partial charge on any atom is -0.390 e. The van der Waals surface area contributed by atoms with Gasteiger partial charge in [0.05, 0.1) is 57.5 Å². The van der Waals surface area contributed by atoms with E-state index in [2.05, 4.69) is 24.3 Å². The lowest BCUT2D eigenvalue weighted by Crippen LogP contribution is -2.63. The molecule has 0 radical (unpaired) electrons. The molecule has 0 aromatic heterocycles. The van der Waals surface area contributed by atoms with E-state index in [-0.39, 0.29) is 38.1 Å². The van der Waals surface area contributed by atoms with Crippen molar-refractivity contribution in [1.29, 1.82) is 0 Å². The maximum absolute atomic E-state index is 12.3. The summed E-state index contributed by atoms with van der Waals surface area (Å²) in [6.07, 6.45) is -6.29. The Kier molecular flexibility index (Phi) is 16.0. The van der Waals surface area contributed by atoms with Gasteiger partial charge in [-0.05, 0) is 46.4 Å². The highest BCUT2D eigenvalue weighted by atomic mass is 32.2. The third kappa shape index (κ3) is 12.1. The second kappa shape index (κ2) is 22.6. The number of rotatable bonds is 19. The Hall–Kier alpha value is -4.65. The minimum absolute atomic E-state index is 0.170. The molecule has 0 spiro atoms. The maximum atomic E-state index is 12.3. The van der Waals surface area contributed by atoms with Crippen molar-refractivity contribution in [2.45, 2.75) is 111 Å². The fraction of sp³-hybridized carbons (Fsp3) is 0.321. The summed E-state index contributed by atoms with van der Waals surface area (Å²) < 4.78 is 41.3. The average molecular weight is 853 g/mol. The van der Waals surface area contributed by atoms with Crippen LogP contribution >= 0.6 is 11.8 Å². The lowest BCUT2D eigenvalue weighted by molar-refractivity contribution is -0.271. The SMILES string of the molecule is O[C@H]1C[C@H](O[C@H]2[C@H](OCc3ccccc3)[C@@H](OCc3ccccc3)[C@H](Sc3ccccc3)C[C@@H]2O)[C@H](OCc2ccccc2)[C@@H](OCc2ccccc2)[C@@H]1OCc1ccccc1. The van der Waals surface area contributed by atoms with E-state index in [4.69, 9.17) is 28.4 Å².